The summed E-state index contributed by atoms with van der Waals surface area (Å²) in [5.74, 6) is 0.401. The molecule has 1 amide bonds. The number of nitrogens with zero attached hydrogens (tertiary/aromatic N) is 4. The van der Waals surface area contributed by atoms with Crippen molar-refractivity contribution in [3.8, 4) is 11.3 Å². The Morgan fingerprint density at radius 3 is 2.50 bits per heavy atom. The second-order valence-corrected chi connectivity index (χ2v) is 8.73. The maximum absolute atomic E-state index is 13.2. The fraction of sp³-hybridized carbons (Fsp3) is 0.370. The van der Waals surface area contributed by atoms with Gasteiger partial charge in [-0.25, -0.2) is 4.39 Å². The minimum atomic E-state index is -0.277. The van der Waals surface area contributed by atoms with Gasteiger partial charge in [0.2, 0.25) is 5.91 Å². The van der Waals surface area contributed by atoms with E-state index in [-0.39, 0.29) is 17.6 Å². The lowest BCUT2D eigenvalue weighted by molar-refractivity contribution is -0.120. The van der Waals surface area contributed by atoms with Crippen molar-refractivity contribution < 1.29 is 9.18 Å². The number of piperidine rings is 1. The number of rotatable bonds is 7. The molecule has 0 bridgehead atoms. The Labute approximate surface area is 200 Å². The van der Waals surface area contributed by atoms with E-state index in [2.05, 4.69) is 51.3 Å². The van der Waals surface area contributed by atoms with E-state index in [9.17, 15) is 9.18 Å². The molecule has 0 aliphatic carbocycles. The monoisotopic (exact) mass is 461 g/mol. The molecule has 1 aliphatic heterocycles. The van der Waals surface area contributed by atoms with Gasteiger partial charge in [-0.3, -0.25) is 4.79 Å². The van der Waals surface area contributed by atoms with Crippen molar-refractivity contribution >= 4 is 23.1 Å². The second kappa shape index (κ2) is 10.6. The van der Waals surface area contributed by atoms with E-state index < -0.39 is 0 Å². The van der Waals surface area contributed by atoms with E-state index in [0.29, 0.717) is 12.2 Å². The van der Waals surface area contributed by atoms with Gasteiger partial charge in [0.05, 0.1) is 11.6 Å². The van der Waals surface area contributed by atoms with E-state index in [1.165, 1.54) is 17.8 Å². The Balaban J connectivity index is 1.40. The highest BCUT2D eigenvalue weighted by Gasteiger charge is 2.27. The van der Waals surface area contributed by atoms with Gasteiger partial charge in [0, 0.05) is 43.1 Å². The lowest BCUT2D eigenvalue weighted by Gasteiger charge is -2.32. The van der Waals surface area contributed by atoms with E-state index in [0.717, 1.165) is 55.1 Å². The van der Waals surface area contributed by atoms with Crippen LogP contribution in [0.1, 0.15) is 32.3 Å². The van der Waals surface area contributed by atoms with Crippen molar-refractivity contribution in [1.29, 1.82) is 0 Å². The second-order valence-electron chi connectivity index (χ2n) is 8.73. The summed E-state index contributed by atoms with van der Waals surface area (Å²) in [7, 11) is 0. The summed E-state index contributed by atoms with van der Waals surface area (Å²) < 4.78 is 13.2. The van der Waals surface area contributed by atoms with Crippen LogP contribution < -0.4 is 15.1 Å². The van der Waals surface area contributed by atoms with Crippen LogP contribution in [0, 0.1) is 18.7 Å². The molecule has 6 nitrogen and oxygen atoms in total. The Bertz CT molecular complexity index is 1110. The normalized spacial score (nSPS) is 15.8. The van der Waals surface area contributed by atoms with Crippen LogP contribution in [-0.4, -0.2) is 42.3 Å². The van der Waals surface area contributed by atoms with Crippen molar-refractivity contribution in [2.24, 2.45) is 5.92 Å². The van der Waals surface area contributed by atoms with Gasteiger partial charge >= 0.3 is 0 Å². The van der Waals surface area contributed by atoms with Crippen LogP contribution in [0.4, 0.5) is 21.6 Å². The summed E-state index contributed by atoms with van der Waals surface area (Å²) in [5.41, 5.74) is 4.61. The Morgan fingerprint density at radius 2 is 1.85 bits per heavy atom. The third kappa shape index (κ3) is 5.35. The highest BCUT2D eigenvalue weighted by Crippen LogP contribution is 2.27. The molecule has 1 aromatic heterocycles. The molecule has 178 valence electrons. The maximum Gasteiger partial charge on any atom is 0.229 e. The molecule has 1 unspecified atom stereocenters. The number of anilines is 3. The van der Waals surface area contributed by atoms with Crippen LogP contribution in [0.2, 0.25) is 0 Å². The number of hydrogen-bond donors (Lipinski definition) is 1. The van der Waals surface area contributed by atoms with E-state index in [1.54, 1.807) is 12.1 Å². The third-order valence-corrected chi connectivity index (χ3v) is 6.50. The van der Waals surface area contributed by atoms with Gasteiger partial charge in [0.1, 0.15) is 5.82 Å². The lowest BCUT2D eigenvalue weighted by atomic mass is 9.96. The van der Waals surface area contributed by atoms with Gasteiger partial charge in [0.25, 0.3) is 0 Å². The molecule has 1 aliphatic rings. The van der Waals surface area contributed by atoms with Crippen LogP contribution in [0.5, 0.6) is 0 Å². The molecule has 1 N–H and O–H groups in total. The first-order valence-electron chi connectivity index (χ1n) is 12.0. The fourth-order valence-corrected chi connectivity index (χ4v) is 4.48. The number of amides is 1. The van der Waals surface area contributed by atoms with Crippen molar-refractivity contribution in [2.75, 3.05) is 41.3 Å². The zero-order valence-electron chi connectivity index (χ0n) is 20.1. The molecule has 2 aromatic carbocycles. The first-order chi connectivity index (χ1) is 16.5. The smallest absolute Gasteiger partial charge is 0.229 e. The highest BCUT2D eigenvalue weighted by molar-refractivity contribution is 5.94. The zero-order chi connectivity index (χ0) is 24.1. The molecule has 2 heterocycles. The van der Waals surface area contributed by atoms with Gasteiger partial charge in [-0.1, -0.05) is 0 Å². The van der Waals surface area contributed by atoms with E-state index >= 15 is 0 Å². The predicted octanol–water partition coefficient (Wildman–Crippen LogP) is 5.29. The van der Waals surface area contributed by atoms with Crippen LogP contribution in [0.3, 0.4) is 0 Å². The van der Waals surface area contributed by atoms with Gasteiger partial charge in [-0.15, -0.1) is 10.2 Å². The Hall–Kier alpha value is -3.48. The molecule has 0 spiro atoms. The predicted molar refractivity (Wildman–Crippen MR) is 136 cm³/mol. The third-order valence-electron chi connectivity index (χ3n) is 6.50. The molecule has 1 atom stereocenters. The average molecular weight is 462 g/mol. The molecule has 34 heavy (non-hydrogen) atoms. The molecular formula is C27H32FN5O. The van der Waals surface area contributed by atoms with Crippen LogP contribution in [-0.2, 0) is 4.79 Å². The number of halogens is 1. The lowest BCUT2D eigenvalue weighted by Crippen LogP contribution is -2.41. The molecule has 0 radical (unpaired) electrons. The summed E-state index contributed by atoms with van der Waals surface area (Å²) in [4.78, 5) is 17.5. The Morgan fingerprint density at radius 1 is 1.09 bits per heavy atom. The summed E-state index contributed by atoms with van der Waals surface area (Å²) in [5, 5.41) is 11.8. The van der Waals surface area contributed by atoms with E-state index in [4.69, 9.17) is 0 Å². The molecule has 1 fully saturated rings. The average Bonchev–Trinajstić information content (AvgIpc) is 2.87. The molecule has 0 saturated carbocycles. The summed E-state index contributed by atoms with van der Waals surface area (Å²) in [6.45, 7) is 9.67. The van der Waals surface area contributed by atoms with Crippen molar-refractivity contribution in [3.05, 3.63) is 66.0 Å². The Kier molecular flexibility index (Phi) is 7.40. The summed E-state index contributed by atoms with van der Waals surface area (Å²) in [6, 6.07) is 16.2. The van der Waals surface area contributed by atoms with Crippen LogP contribution >= 0.6 is 0 Å². The van der Waals surface area contributed by atoms with Gasteiger partial charge in [-0.2, -0.15) is 0 Å². The van der Waals surface area contributed by atoms with Crippen molar-refractivity contribution in [2.45, 2.75) is 33.6 Å². The minimum absolute atomic E-state index is 0.0410. The van der Waals surface area contributed by atoms with Gasteiger partial charge in [-0.05, 0) is 93.8 Å². The number of carbonyl (C=O) groups excluding carboxylic acids is 1. The summed E-state index contributed by atoms with van der Waals surface area (Å²) >= 11 is 0. The molecular weight excluding hydrogens is 429 g/mol. The van der Waals surface area contributed by atoms with Crippen LogP contribution in [0.25, 0.3) is 11.3 Å². The number of benzene rings is 2. The number of hydrogen-bond acceptors (Lipinski definition) is 5. The first kappa shape index (κ1) is 23.7. The van der Waals surface area contributed by atoms with E-state index in [1.807, 2.05) is 25.1 Å². The first-order valence-corrected chi connectivity index (χ1v) is 12.0. The molecule has 4 rings (SSSR count). The zero-order valence-corrected chi connectivity index (χ0v) is 20.1. The number of nitrogens with one attached hydrogen (secondary N) is 1. The van der Waals surface area contributed by atoms with Crippen molar-refractivity contribution in [3.63, 3.8) is 0 Å². The van der Waals surface area contributed by atoms with Gasteiger partial charge < -0.3 is 15.1 Å². The molecule has 7 heteroatoms. The topological polar surface area (TPSA) is 61.4 Å². The standard InChI is InChI=1S/C27H32FN5O/c1-4-32(5-2)23-12-13-24(19(3)17-23)29-27(34)21-7-6-16-33(18-21)26-15-14-25(30-31-26)20-8-10-22(28)11-9-20/h8-15,17,21H,4-7,16,18H2,1-3H3,(H,29,34). The number of aryl methyl sites for hydroxylation is 1. The minimum Gasteiger partial charge on any atom is -0.372 e. The summed E-state index contributed by atoms with van der Waals surface area (Å²) in [6.07, 6.45) is 1.76. The maximum atomic E-state index is 13.2. The van der Waals surface area contributed by atoms with Gasteiger partial charge in [0.15, 0.2) is 5.82 Å². The van der Waals surface area contributed by atoms with Crippen molar-refractivity contribution in [1.82, 2.24) is 10.2 Å². The number of carbonyl (C=O) groups is 1. The SMILES string of the molecule is CCN(CC)c1ccc(NC(=O)C2CCCN(c3ccc(-c4ccc(F)cc4)nn3)C2)c(C)c1. The number of aromatic nitrogens is 2. The largest absolute Gasteiger partial charge is 0.372 e. The highest BCUT2D eigenvalue weighted by atomic mass is 19.1. The molecule has 3 aromatic rings. The fourth-order valence-electron chi connectivity index (χ4n) is 4.48. The quantitative estimate of drug-likeness (QED) is 0.518. The molecule has 1 saturated heterocycles. The van der Waals surface area contributed by atoms with Crippen LogP contribution in [0.15, 0.2) is 54.6 Å².